The van der Waals surface area contributed by atoms with Gasteiger partial charge >= 0.3 is 0 Å². The van der Waals surface area contributed by atoms with E-state index in [4.69, 9.17) is 0 Å². The molecule has 156 valence electrons. The van der Waals surface area contributed by atoms with Gasteiger partial charge in [0, 0.05) is 44.0 Å². The highest BCUT2D eigenvalue weighted by atomic mass is 32.2. The van der Waals surface area contributed by atoms with Crippen LogP contribution in [0.15, 0.2) is 53.4 Å². The van der Waals surface area contributed by atoms with E-state index in [0.29, 0.717) is 23.4 Å². The Morgan fingerprint density at radius 3 is 2.14 bits per heavy atom. The minimum Gasteiger partial charge on any atom is -0.351 e. The molecule has 9 heteroatoms. The zero-order chi connectivity index (χ0) is 21.6. The summed E-state index contributed by atoms with van der Waals surface area (Å²) in [5.41, 5.74) is 1.22. The Morgan fingerprint density at radius 1 is 0.897 bits per heavy atom. The molecule has 0 unspecified atom stereocenters. The third-order valence-corrected chi connectivity index (χ3v) is 5.95. The van der Waals surface area contributed by atoms with Crippen molar-refractivity contribution in [1.82, 2.24) is 14.5 Å². The zero-order valence-electron chi connectivity index (χ0n) is 17.0. The van der Waals surface area contributed by atoms with Gasteiger partial charge in [0.15, 0.2) is 0 Å². The summed E-state index contributed by atoms with van der Waals surface area (Å²) in [5.74, 6) is -0.620. The van der Waals surface area contributed by atoms with Gasteiger partial charge in [-0.1, -0.05) is 6.07 Å². The fourth-order valence-corrected chi connectivity index (χ4v) is 3.33. The number of anilines is 1. The number of carbonyl (C=O) groups excluding carboxylic acids is 2. The zero-order valence-corrected chi connectivity index (χ0v) is 17.8. The molecular weight excluding hydrogens is 392 g/mol. The average molecular weight is 419 g/mol. The van der Waals surface area contributed by atoms with Crippen LogP contribution in [0.4, 0.5) is 5.69 Å². The Morgan fingerprint density at radius 2 is 1.55 bits per heavy atom. The Bertz CT molecular complexity index is 970. The van der Waals surface area contributed by atoms with Crippen molar-refractivity contribution in [3.63, 3.8) is 0 Å². The number of benzene rings is 2. The normalized spacial score (nSPS) is 11.5. The molecule has 2 amide bonds. The lowest BCUT2D eigenvalue weighted by atomic mass is 10.1. The molecule has 29 heavy (non-hydrogen) atoms. The fourth-order valence-electron chi connectivity index (χ4n) is 2.43. The smallest absolute Gasteiger partial charge is 0.255 e. The van der Waals surface area contributed by atoms with Gasteiger partial charge < -0.3 is 15.5 Å². The number of carbonyl (C=O) groups is 2. The Balaban J connectivity index is 2.06. The Kier molecular flexibility index (Phi) is 7.49. The van der Waals surface area contributed by atoms with Crippen molar-refractivity contribution in [2.45, 2.75) is 4.90 Å². The largest absolute Gasteiger partial charge is 0.351 e. The maximum absolute atomic E-state index is 12.5. The van der Waals surface area contributed by atoms with E-state index in [-0.39, 0.29) is 10.8 Å². The summed E-state index contributed by atoms with van der Waals surface area (Å²) in [4.78, 5) is 26.7. The number of sulfonamides is 1. The highest BCUT2D eigenvalue weighted by molar-refractivity contribution is 7.89. The predicted octanol–water partition coefficient (Wildman–Crippen LogP) is 1.48. The monoisotopic (exact) mass is 418 g/mol. The maximum Gasteiger partial charge on any atom is 0.255 e. The van der Waals surface area contributed by atoms with E-state index < -0.39 is 15.9 Å². The topological polar surface area (TPSA) is 98.8 Å². The minimum absolute atomic E-state index is 0.107. The van der Waals surface area contributed by atoms with Gasteiger partial charge in [0.2, 0.25) is 10.0 Å². The van der Waals surface area contributed by atoms with E-state index in [1.807, 2.05) is 19.0 Å². The number of nitrogens with zero attached hydrogens (tertiary/aromatic N) is 2. The Labute approximate surface area is 171 Å². The van der Waals surface area contributed by atoms with E-state index >= 15 is 0 Å². The molecule has 0 aliphatic carbocycles. The summed E-state index contributed by atoms with van der Waals surface area (Å²) >= 11 is 0. The molecule has 8 nitrogen and oxygen atoms in total. The molecule has 0 bridgehead atoms. The molecule has 2 aromatic carbocycles. The molecule has 0 aliphatic rings. The molecule has 2 aromatic rings. The molecule has 0 aliphatic heterocycles. The fraction of sp³-hybridized carbons (Fsp3) is 0.300. The summed E-state index contributed by atoms with van der Waals surface area (Å²) in [6.45, 7) is 1.24. The second-order valence-electron chi connectivity index (χ2n) is 6.91. The van der Waals surface area contributed by atoms with Crippen molar-refractivity contribution in [2.24, 2.45) is 0 Å². The molecule has 0 saturated heterocycles. The van der Waals surface area contributed by atoms with Crippen molar-refractivity contribution >= 4 is 27.5 Å². The van der Waals surface area contributed by atoms with Gasteiger partial charge in [-0.05, 0) is 56.6 Å². The summed E-state index contributed by atoms with van der Waals surface area (Å²) in [5, 5.41) is 5.54. The number of likely N-dealkylation sites (N-methyl/N-ethyl adjacent to an activating group) is 1. The third-order valence-electron chi connectivity index (χ3n) is 4.12. The van der Waals surface area contributed by atoms with E-state index in [9.17, 15) is 18.0 Å². The van der Waals surface area contributed by atoms with Crippen molar-refractivity contribution in [1.29, 1.82) is 0 Å². The third kappa shape index (κ3) is 6.11. The average Bonchev–Trinajstić information content (AvgIpc) is 2.67. The minimum atomic E-state index is -3.55. The van der Waals surface area contributed by atoms with Crippen molar-refractivity contribution in [2.75, 3.05) is 46.6 Å². The van der Waals surface area contributed by atoms with Crippen LogP contribution in [0.2, 0.25) is 0 Å². The lowest BCUT2D eigenvalue weighted by Crippen LogP contribution is -2.31. The SMILES string of the molecule is CN(C)CCNC(=O)c1cccc(NC(=O)c2ccc(S(=O)(=O)N(C)C)cc2)c1. The van der Waals surface area contributed by atoms with Gasteiger partial charge in [-0.2, -0.15) is 0 Å². The first-order chi connectivity index (χ1) is 13.6. The number of nitrogens with one attached hydrogen (secondary N) is 2. The van der Waals surface area contributed by atoms with E-state index in [1.165, 1.54) is 38.4 Å². The van der Waals surface area contributed by atoms with Crippen LogP contribution in [0.1, 0.15) is 20.7 Å². The van der Waals surface area contributed by atoms with Gasteiger partial charge in [0.25, 0.3) is 11.8 Å². The number of amides is 2. The molecule has 0 radical (unpaired) electrons. The molecule has 2 rings (SSSR count). The van der Waals surface area contributed by atoms with E-state index in [0.717, 1.165) is 10.8 Å². The summed E-state index contributed by atoms with van der Waals surface area (Å²) in [6.07, 6.45) is 0. The molecule has 0 fully saturated rings. The van der Waals surface area contributed by atoms with Crippen LogP contribution in [0.5, 0.6) is 0 Å². The van der Waals surface area contributed by atoms with Gasteiger partial charge in [-0.15, -0.1) is 0 Å². The summed E-state index contributed by atoms with van der Waals surface area (Å²) in [6, 6.07) is 12.3. The number of hydrogen-bond donors (Lipinski definition) is 2. The number of rotatable bonds is 8. The molecule has 0 spiro atoms. The van der Waals surface area contributed by atoms with Crippen molar-refractivity contribution < 1.29 is 18.0 Å². The maximum atomic E-state index is 12.5. The van der Waals surface area contributed by atoms with Crippen LogP contribution in [0.3, 0.4) is 0 Å². The number of hydrogen-bond acceptors (Lipinski definition) is 5. The van der Waals surface area contributed by atoms with Crippen LogP contribution >= 0.6 is 0 Å². The predicted molar refractivity (Wildman–Crippen MR) is 113 cm³/mol. The van der Waals surface area contributed by atoms with Crippen LogP contribution in [0, 0.1) is 0 Å². The van der Waals surface area contributed by atoms with Gasteiger partial charge in [-0.25, -0.2) is 12.7 Å². The molecule has 0 saturated carbocycles. The summed E-state index contributed by atoms with van der Waals surface area (Å²) in [7, 11) is 3.18. The van der Waals surface area contributed by atoms with Gasteiger partial charge in [-0.3, -0.25) is 9.59 Å². The highest BCUT2D eigenvalue weighted by Crippen LogP contribution is 2.16. The molecule has 0 heterocycles. The lowest BCUT2D eigenvalue weighted by Gasteiger charge is -2.12. The highest BCUT2D eigenvalue weighted by Gasteiger charge is 2.17. The first-order valence-electron chi connectivity index (χ1n) is 8.98. The van der Waals surface area contributed by atoms with Crippen molar-refractivity contribution in [3.8, 4) is 0 Å². The first kappa shape index (κ1) is 22.5. The van der Waals surface area contributed by atoms with E-state index in [2.05, 4.69) is 10.6 Å². The standard InChI is InChI=1S/C20H26N4O4S/c1-23(2)13-12-21-19(25)16-6-5-7-17(14-16)22-20(26)15-8-10-18(11-9-15)29(27,28)24(3)4/h5-11,14H,12-13H2,1-4H3,(H,21,25)(H,22,26). The van der Waals surface area contributed by atoms with Gasteiger partial charge in [0.1, 0.15) is 0 Å². The van der Waals surface area contributed by atoms with Gasteiger partial charge in [0.05, 0.1) is 4.90 Å². The van der Waals surface area contributed by atoms with Crippen LogP contribution in [-0.4, -0.2) is 70.7 Å². The Hall–Kier alpha value is -2.75. The first-order valence-corrected chi connectivity index (χ1v) is 10.4. The van der Waals surface area contributed by atoms with Crippen LogP contribution in [0.25, 0.3) is 0 Å². The molecule has 2 N–H and O–H groups in total. The van der Waals surface area contributed by atoms with Crippen LogP contribution < -0.4 is 10.6 Å². The van der Waals surface area contributed by atoms with Crippen molar-refractivity contribution in [3.05, 3.63) is 59.7 Å². The van der Waals surface area contributed by atoms with E-state index in [1.54, 1.807) is 24.3 Å². The molecule has 0 aromatic heterocycles. The summed E-state index contributed by atoms with van der Waals surface area (Å²) < 4.78 is 25.3. The quantitative estimate of drug-likeness (QED) is 0.677. The second-order valence-corrected chi connectivity index (χ2v) is 9.06. The lowest BCUT2D eigenvalue weighted by molar-refractivity contribution is 0.0949. The molecular formula is C20H26N4O4S. The second kappa shape index (κ2) is 9.64. The van der Waals surface area contributed by atoms with Crippen LogP contribution in [-0.2, 0) is 10.0 Å². The molecule has 0 atom stereocenters.